The highest BCUT2D eigenvalue weighted by Crippen LogP contribution is 2.13. The van der Waals surface area contributed by atoms with Crippen molar-refractivity contribution in [3.05, 3.63) is 35.1 Å². The van der Waals surface area contributed by atoms with Gasteiger partial charge in [0.1, 0.15) is 5.82 Å². The summed E-state index contributed by atoms with van der Waals surface area (Å²) in [5.74, 6) is -1.25. The molecule has 0 radical (unpaired) electrons. The molecule has 0 bridgehead atoms. The van der Waals surface area contributed by atoms with Crippen LogP contribution in [0.3, 0.4) is 0 Å². The van der Waals surface area contributed by atoms with E-state index in [2.05, 4.69) is 0 Å². The van der Waals surface area contributed by atoms with Crippen molar-refractivity contribution in [1.29, 1.82) is 5.26 Å². The zero-order valence-electron chi connectivity index (χ0n) is 10.2. The Bertz CT molecular complexity index is 469. The number of aliphatic carboxylic acids is 1. The smallest absolute Gasteiger partial charge is 0.304 e. The molecule has 96 valence electrons. The third-order valence-electron chi connectivity index (χ3n) is 2.66. The largest absolute Gasteiger partial charge is 0.481 e. The average Bonchev–Trinajstić information content (AvgIpc) is 2.36. The molecule has 0 aromatic heterocycles. The standard InChI is InChI=1S/C13H15FN2O2/c1-2-16(6-5-13(17)18)9-11-7-10(8-15)3-4-12(11)14/h3-4,7H,2,5-6,9H2,1H3,(H,17,18). The first-order chi connectivity index (χ1) is 8.56. The normalized spacial score (nSPS) is 10.3. The molecule has 1 aromatic rings. The van der Waals surface area contributed by atoms with Crippen molar-refractivity contribution in [3.8, 4) is 6.07 Å². The fraction of sp³-hybridized carbons (Fsp3) is 0.385. The predicted octanol–water partition coefficient (Wildman–Crippen LogP) is 1.99. The summed E-state index contributed by atoms with van der Waals surface area (Å²) in [6.45, 7) is 3.19. The topological polar surface area (TPSA) is 64.3 Å². The minimum Gasteiger partial charge on any atom is -0.481 e. The van der Waals surface area contributed by atoms with Gasteiger partial charge < -0.3 is 5.11 Å². The minimum absolute atomic E-state index is 0.0212. The summed E-state index contributed by atoms with van der Waals surface area (Å²) in [6, 6.07) is 6.14. The van der Waals surface area contributed by atoms with Crippen molar-refractivity contribution >= 4 is 5.97 Å². The van der Waals surface area contributed by atoms with Gasteiger partial charge in [-0.25, -0.2) is 4.39 Å². The van der Waals surface area contributed by atoms with Crippen molar-refractivity contribution in [2.75, 3.05) is 13.1 Å². The lowest BCUT2D eigenvalue weighted by atomic mass is 10.1. The summed E-state index contributed by atoms with van der Waals surface area (Å²) in [6.07, 6.45) is 0.0212. The Morgan fingerprint density at radius 1 is 1.56 bits per heavy atom. The third-order valence-corrected chi connectivity index (χ3v) is 2.66. The molecule has 0 saturated heterocycles. The van der Waals surface area contributed by atoms with Crippen LogP contribution >= 0.6 is 0 Å². The lowest BCUT2D eigenvalue weighted by Crippen LogP contribution is -2.26. The van der Waals surface area contributed by atoms with E-state index in [0.717, 1.165) is 0 Å². The highest BCUT2D eigenvalue weighted by molar-refractivity contribution is 5.66. The second-order valence-corrected chi connectivity index (χ2v) is 3.93. The molecule has 1 aromatic carbocycles. The molecule has 4 nitrogen and oxygen atoms in total. The van der Waals surface area contributed by atoms with Crippen LogP contribution in [0.1, 0.15) is 24.5 Å². The maximum atomic E-state index is 13.5. The lowest BCUT2D eigenvalue weighted by Gasteiger charge is -2.19. The quantitative estimate of drug-likeness (QED) is 0.838. The molecular formula is C13H15FN2O2. The summed E-state index contributed by atoms with van der Waals surface area (Å²) in [7, 11) is 0. The van der Waals surface area contributed by atoms with Crippen LogP contribution in [0.15, 0.2) is 18.2 Å². The summed E-state index contributed by atoms with van der Waals surface area (Å²) in [4.78, 5) is 12.3. The van der Waals surface area contributed by atoms with Gasteiger partial charge in [-0.1, -0.05) is 6.92 Å². The molecule has 0 amide bonds. The highest BCUT2D eigenvalue weighted by Gasteiger charge is 2.10. The van der Waals surface area contributed by atoms with E-state index in [9.17, 15) is 9.18 Å². The number of hydrogen-bond donors (Lipinski definition) is 1. The van der Waals surface area contributed by atoms with Gasteiger partial charge in [-0.05, 0) is 24.7 Å². The zero-order valence-corrected chi connectivity index (χ0v) is 10.2. The summed E-state index contributed by atoms with van der Waals surface area (Å²) < 4.78 is 13.5. The van der Waals surface area contributed by atoms with E-state index in [-0.39, 0.29) is 12.2 Å². The second kappa shape index (κ2) is 6.72. The lowest BCUT2D eigenvalue weighted by molar-refractivity contribution is -0.137. The van der Waals surface area contributed by atoms with Crippen molar-refractivity contribution in [2.45, 2.75) is 19.9 Å². The molecule has 0 spiro atoms. The molecule has 1 N–H and O–H groups in total. The SMILES string of the molecule is CCN(CCC(=O)O)Cc1cc(C#N)ccc1F. The van der Waals surface area contributed by atoms with Gasteiger partial charge in [0.25, 0.3) is 0 Å². The van der Waals surface area contributed by atoms with Crippen molar-refractivity contribution in [1.82, 2.24) is 4.90 Å². The Hall–Kier alpha value is -1.93. The van der Waals surface area contributed by atoms with Crippen LogP contribution < -0.4 is 0 Å². The fourth-order valence-electron chi connectivity index (χ4n) is 1.61. The number of carboxylic acid groups (broad SMARTS) is 1. The molecule has 0 heterocycles. The zero-order chi connectivity index (χ0) is 13.5. The Kier molecular flexibility index (Phi) is 5.28. The van der Waals surface area contributed by atoms with Crippen LogP contribution in [-0.4, -0.2) is 29.1 Å². The Labute approximate surface area is 105 Å². The molecule has 0 atom stereocenters. The van der Waals surface area contributed by atoms with Crippen molar-refractivity contribution in [2.24, 2.45) is 0 Å². The molecule has 0 saturated carbocycles. The van der Waals surface area contributed by atoms with E-state index >= 15 is 0 Å². The fourth-order valence-corrected chi connectivity index (χ4v) is 1.61. The molecule has 1 rings (SSSR count). The van der Waals surface area contributed by atoms with Crippen LogP contribution in [0.4, 0.5) is 4.39 Å². The summed E-state index contributed by atoms with van der Waals surface area (Å²) in [5, 5.41) is 17.4. The second-order valence-electron chi connectivity index (χ2n) is 3.93. The van der Waals surface area contributed by atoms with E-state index in [0.29, 0.717) is 30.8 Å². The summed E-state index contributed by atoms with van der Waals surface area (Å²) >= 11 is 0. The van der Waals surface area contributed by atoms with E-state index in [1.807, 2.05) is 17.9 Å². The number of nitrogens with zero attached hydrogens (tertiary/aromatic N) is 2. The van der Waals surface area contributed by atoms with E-state index in [4.69, 9.17) is 10.4 Å². The monoisotopic (exact) mass is 250 g/mol. The first-order valence-corrected chi connectivity index (χ1v) is 5.69. The Morgan fingerprint density at radius 3 is 2.83 bits per heavy atom. The molecular weight excluding hydrogens is 235 g/mol. The number of benzene rings is 1. The minimum atomic E-state index is -0.875. The molecule has 18 heavy (non-hydrogen) atoms. The van der Waals surface area contributed by atoms with Crippen molar-refractivity contribution < 1.29 is 14.3 Å². The Balaban J connectivity index is 2.75. The number of nitriles is 1. The number of rotatable bonds is 6. The number of carbonyl (C=O) groups is 1. The van der Waals surface area contributed by atoms with Gasteiger partial charge in [0.15, 0.2) is 0 Å². The molecule has 0 fully saturated rings. The van der Waals surface area contributed by atoms with Crippen LogP contribution in [-0.2, 0) is 11.3 Å². The van der Waals surface area contributed by atoms with Gasteiger partial charge in [0, 0.05) is 18.7 Å². The van der Waals surface area contributed by atoms with Gasteiger partial charge >= 0.3 is 5.97 Å². The molecule has 5 heteroatoms. The van der Waals surface area contributed by atoms with Gasteiger partial charge in [-0.2, -0.15) is 5.26 Å². The van der Waals surface area contributed by atoms with Gasteiger partial charge in [-0.3, -0.25) is 9.69 Å². The average molecular weight is 250 g/mol. The predicted molar refractivity (Wildman–Crippen MR) is 64.3 cm³/mol. The van der Waals surface area contributed by atoms with Gasteiger partial charge in [-0.15, -0.1) is 0 Å². The van der Waals surface area contributed by atoms with Gasteiger partial charge in [0.05, 0.1) is 18.1 Å². The van der Waals surface area contributed by atoms with E-state index in [1.165, 1.54) is 18.2 Å². The maximum absolute atomic E-state index is 13.5. The van der Waals surface area contributed by atoms with Crippen LogP contribution in [0.2, 0.25) is 0 Å². The first kappa shape index (κ1) is 14.1. The molecule has 0 aliphatic carbocycles. The molecule has 0 aliphatic rings. The number of halogens is 1. The van der Waals surface area contributed by atoms with E-state index < -0.39 is 5.97 Å². The van der Waals surface area contributed by atoms with Crippen LogP contribution in [0.5, 0.6) is 0 Å². The highest BCUT2D eigenvalue weighted by atomic mass is 19.1. The van der Waals surface area contributed by atoms with E-state index in [1.54, 1.807) is 0 Å². The molecule has 0 aliphatic heterocycles. The first-order valence-electron chi connectivity index (χ1n) is 5.69. The summed E-state index contributed by atoms with van der Waals surface area (Å²) in [5.41, 5.74) is 0.821. The van der Waals surface area contributed by atoms with Crippen LogP contribution in [0, 0.1) is 17.1 Å². The third kappa shape index (κ3) is 4.15. The van der Waals surface area contributed by atoms with Crippen LogP contribution in [0.25, 0.3) is 0 Å². The van der Waals surface area contributed by atoms with Crippen molar-refractivity contribution in [3.63, 3.8) is 0 Å². The maximum Gasteiger partial charge on any atom is 0.304 e. The number of carboxylic acids is 1. The molecule has 0 unspecified atom stereocenters. The Morgan fingerprint density at radius 2 is 2.28 bits per heavy atom. The number of hydrogen-bond acceptors (Lipinski definition) is 3. The van der Waals surface area contributed by atoms with Gasteiger partial charge in [0.2, 0.25) is 0 Å².